The highest BCUT2D eigenvalue weighted by atomic mass is 79.9. The van der Waals surface area contributed by atoms with Crippen molar-refractivity contribution in [1.82, 2.24) is 0 Å². The standard InChI is InChI=1S/C16H16BrNO2/c1-11-8-9-12(13(17)10-11)16(19)18(2)14-6-4-5-7-15(14)20-3/h4-10H,1-3H3. The van der Waals surface area contributed by atoms with E-state index in [9.17, 15) is 4.79 Å². The number of carbonyl (C=O) groups is 1. The predicted molar refractivity (Wildman–Crippen MR) is 84.6 cm³/mol. The molecule has 4 heteroatoms. The van der Waals surface area contributed by atoms with Crippen molar-refractivity contribution in [3.8, 4) is 5.75 Å². The fourth-order valence-corrected chi connectivity index (χ4v) is 2.65. The van der Waals surface area contributed by atoms with Crippen molar-refractivity contribution in [3.63, 3.8) is 0 Å². The van der Waals surface area contributed by atoms with Gasteiger partial charge in [-0.05, 0) is 52.7 Å². The van der Waals surface area contributed by atoms with E-state index in [2.05, 4.69) is 15.9 Å². The number of methoxy groups -OCH3 is 1. The van der Waals surface area contributed by atoms with Crippen molar-refractivity contribution in [1.29, 1.82) is 0 Å². The minimum absolute atomic E-state index is 0.0821. The number of aryl methyl sites for hydroxylation is 1. The van der Waals surface area contributed by atoms with Gasteiger partial charge in [0.05, 0.1) is 18.4 Å². The average Bonchev–Trinajstić information content (AvgIpc) is 2.45. The summed E-state index contributed by atoms with van der Waals surface area (Å²) in [7, 11) is 3.34. The zero-order valence-corrected chi connectivity index (χ0v) is 13.3. The van der Waals surface area contributed by atoms with Gasteiger partial charge in [0.2, 0.25) is 0 Å². The van der Waals surface area contributed by atoms with Gasteiger partial charge in [0.1, 0.15) is 5.75 Å². The van der Waals surface area contributed by atoms with E-state index >= 15 is 0 Å². The van der Waals surface area contributed by atoms with E-state index in [1.165, 1.54) is 0 Å². The fraction of sp³-hybridized carbons (Fsp3) is 0.188. The lowest BCUT2D eigenvalue weighted by Gasteiger charge is -2.20. The van der Waals surface area contributed by atoms with E-state index in [1.807, 2.05) is 49.4 Å². The molecule has 0 aliphatic heterocycles. The van der Waals surface area contributed by atoms with E-state index in [4.69, 9.17) is 4.74 Å². The number of anilines is 1. The molecule has 2 aromatic carbocycles. The van der Waals surface area contributed by atoms with Crippen LogP contribution in [0.4, 0.5) is 5.69 Å². The number of rotatable bonds is 3. The Kier molecular flexibility index (Phi) is 4.45. The van der Waals surface area contributed by atoms with Crippen LogP contribution in [-0.2, 0) is 0 Å². The molecule has 0 aliphatic carbocycles. The van der Waals surface area contributed by atoms with Crippen LogP contribution in [0, 0.1) is 6.92 Å². The van der Waals surface area contributed by atoms with Gasteiger partial charge >= 0.3 is 0 Å². The van der Waals surface area contributed by atoms with Crippen LogP contribution in [0.2, 0.25) is 0 Å². The Morgan fingerprint density at radius 1 is 1.20 bits per heavy atom. The highest BCUT2D eigenvalue weighted by molar-refractivity contribution is 9.10. The molecule has 0 atom stereocenters. The maximum Gasteiger partial charge on any atom is 0.259 e. The summed E-state index contributed by atoms with van der Waals surface area (Å²) in [4.78, 5) is 14.2. The molecule has 1 amide bonds. The number of hydrogen-bond donors (Lipinski definition) is 0. The van der Waals surface area contributed by atoms with Crippen molar-refractivity contribution in [2.45, 2.75) is 6.92 Å². The summed E-state index contributed by atoms with van der Waals surface area (Å²) in [5.74, 6) is 0.591. The maximum atomic E-state index is 12.6. The largest absolute Gasteiger partial charge is 0.495 e. The predicted octanol–water partition coefficient (Wildman–Crippen LogP) is 4.04. The van der Waals surface area contributed by atoms with E-state index < -0.39 is 0 Å². The molecule has 0 radical (unpaired) electrons. The van der Waals surface area contributed by atoms with Gasteiger partial charge in [0.15, 0.2) is 0 Å². The normalized spacial score (nSPS) is 10.2. The van der Waals surface area contributed by atoms with Crippen molar-refractivity contribution < 1.29 is 9.53 Å². The maximum absolute atomic E-state index is 12.6. The number of amides is 1. The molecular weight excluding hydrogens is 318 g/mol. The monoisotopic (exact) mass is 333 g/mol. The van der Waals surface area contributed by atoms with Crippen LogP contribution in [0.3, 0.4) is 0 Å². The van der Waals surface area contributed by atoms with Gasteiger partial charge in [-0.2, -0.15) is 0 Å². The summed E-state index contributed by atoms with van der Waals surface area (Å²) in [5.41, 5.74) is 2.48. The quantitative estimate of drug-likeness (QED) is 0.848. The number of hydrogen-bond acceptors (Lipinski definition) is 2. The topological polar surface area (TPSA) is 29.5 Å². The van der Waals surface area contributed by atoms with Crippen LogP contribution in [0.5, 0.6) is 5.75 Å². The summed E-state index contributed by atoms with van der Waals surface area (Å²) in [6, 6.07) is 13.1. The molecule has 0 bridgehead atoms. The number of nitrogens with zero attached hydrogens (tertiary/aromatic N) is 1. The van der Waals surface area contributed by atoms with Gasteiger partial charge < -0.3 is 9.64 Å². The molecule has 2 aromatic rings. The van der Waals surface area contributed by atoms with E-state index in [0.29, 0.717) is 11.3 Å². The Morgan fingerprint density at radius 2 is 1.90 bits per heavy atom. The fourth-order valence-electron chi connectivity index (χ4n) is 1.99. The lowest BCUT2D eigenvalue weighted by molar-refractivity contribution is 0.0991. The van der Waals surface area contributed by atoms with Gasteiger partial charge in [-0.1, -0.05) is 18.2 Å². The molecule has 20 heavy (non-hydrogen) atoms. The third kappa shape index (κ3) is 2.85. The van der Waals surface area contributed by atoms with Gasteiger partial charge in [0, 0.05) is 11.5 Å². The first-order valence-electron chi connectivity index (χ1n) is 6.22. The van der Waals surface area contributed by atoms with Gasteiger partial charge in [-0.3, -0.25) is 4.79 Å². The minimum atomic E-state index is -0.0821. The Morgan fingerprint density at radius 3 is 2.55 bits per heavy atom. The molecule has 0 spiro atoms. The number of para-hydroxylation sites is 2. The average molecular weight is 334 g/mol. The van der Waals surface area contributed by atoms with Crippen LogP contribution in [0.25, 0.3) is 0 Å². The molecule has 3 nitrogen and oxygen atoms in total. The Bertz CT molecular complexity index is 640. The number of carbonyl (C=O) groups excluding carboxylic acids is 1. The van der Waals surface area contributed by atoms with Crippen molar-refractivity contribution in [2.24, 2.45) is 0 Å². The molecule has 2 rings (SSSR count). The molecule has 0 unspecified atom stereocenters. The Labute approximate surface area is 127 Å². The zero-order valence-electron chi connectivity index (χ0n) is 11.7. The van der Waals surface area contributed by atoms with E-state index in [1.54, 1.807) is 19.1 Å². The molecule has 0 heterocycles. The molecular formula is C16H16BrNO2. The number of benzene rings is 2. The highest BCUT2D eigenvalue weighted by Gasteiger charge is 2.18. The molecule has 0 aromatic heterocycles. The molecule has 104 valence electrons. The smallest absolute Gasteiger partial charge is 0.259 e. The SMILES string of the molecule is COc1ccccc1N(C)C(=O)c1ccc(C)cc1Br. The number of ether oxygens (including phenoxy) is 1. The van der Waals surface area contributed by atoms with Crippen LogP contribution in [0.1, 0.15) is 15.9 Å². The molecule has 0 fully saturated rings. The van der Waals surface area contributed by atoms with Gasteiger partial charge in [-0.25, -0.2) is 0 Å². The van der Waals surface area contributed by atoms with Crippen molar-refractivity contribution in [3.05, 3.63) is 58.1 Å². The first kappa shape index (κ1) is 14.6. The minimum Gasteiger partial charge on any atom is -0.495 e. The Hall–Kier alpha value is -1.81. The second-order valence-corrected chi connectivity index (χ2v) is 5.37. The molecule has 0 saturated carbocycles. The lowest BCUT2D eigenvalue weighted by atomic mass is 10.1. The van der Waals surface area contributed by atoms with Gasteiger partial charge in [-0.15, -0.1) is 0 Å². The third-order valence-corrected chi connectivity index (χ3v) is 3.76. The first-order chi connectivity index (χ1) is 9.54. The molecule has 0 saturated heterocycles. The van der Waals surface area contributed by atoms with Crippen LogP contribution in [0.15, 0.2) is 46.9 Å². The summed E-state index contributed by atoms with van der Waals surface area (Å²) >= 11 is 3.45. The second-order valence-electron chi connectivity index (χ2n) is 4.52. The van der Waals surface area contributed by atoms with E-state index in [-0.39, 0.29) is 5.91 Å². The summed E-state index contributed by atoms with van der Waals surface area (Å²) in [5, 5.41) is 0. The third-order valence-electron chi connectivity index (χ3n) is 3.11. The van der Waals surface area contributed by atoms with Crippen LogP contribution >= 0.6 is 15.9 Å². The number of halogens is 1. The van der Waals surface area contributed by atoms with Crippen molar-refractivity contribution in [2.75, 3.05) is 19.1 Å². The summed E-state index contributed by atoms with van der Waals surface area (Å²) in [6.45, 7) is 1.99. The second kappa shape index (κ2) is 6.09. The molecule has 0 N–H and O–H groups in total. The highest BCUT2D eigenvalue weighted by Crippen LogP contribution is 2.29. The van der Waals surface area contributed by atoms with Crippen LogP contribution in [-0.4, -0.2) is 20.1 Å². The van der Waals surface area contributed by atoms with Crippen molar-refractivity contribution >= 4 is 27.5 Å². The van der Waals surface area contributed by atoms with E-state index in [0.717, 1.165) is 15.7 Å². The summed E-state index contributed by atoms with van der Waals surface area (Å²) in [6.07, 6.45) is 0. The lowest BCUT2D eigenvalue weighted by Crippen LogP contribution is -2.27. The first-order valence-corrected chi connectivity index (χ1v) is 7.01. The Balaban J connectivity index is 2.37. The summed E-state index contributed by atoms with van der Waals surface area (Å²) < 4.78 is 6.09. The van der Waals surface area contributed by atoms with Crippen LogP contribution < -0.4 is 9.64 Å². The molecule has 0 aliphatic rings. The van der Waals surface area contributed by atoms with Gasteiger partial charge in [0.25, 0.3) is 5.91 Å². The zero-order chi connectivity index (χ0) is 14.7.